The number of rotatable bonds is 4. The van der Waals surface area contributed by atoms with Gasteiger partial charge in [-0.25, -0.2) is 0 Å². The Labute approximate surface area is 119 Å². The van der Waals surface area contributed by atoms with Crippen LogP contribution >= 0.6 is 0 Å². The first-order valence-electron chi connectivity index (χ1n) is 7.11. The van der Waals surface area contributed by atoms with E-state index < -0.39 is 0 Å². The smallest absolute Gasteiger partial charge is 0.223 e. The predicted octanol–water partition coefficient (Wildman–Crippen LogP) is 1.57. The molecule has 1 aromatic heterocycles. The van der Waals surface area contributed by atoms with Crippen LogP contribution in [0, 0.1) is 6.92 Å². The van der Waals surface area contributed by atoms with Gasteiger partial charge in [-0.15, -0.1) is 0 Å². The molecule has 20 heavy (non-hydrogen) atoms. The SMILES string of the molecule is Cc1nc(CCN2CCNC(c3ccccc3)C2)no1. The van der Waals surface area contributed by atoms with Crippen LogP contribution < -0.4 is 5.32 Å². The molecule has 0 amide bonds. The lowest BCUT2D eigenvalue weighted by molar-refractivity contribution is 0.201. The van der Waals surface area contributed by atoms with E-state index in [1.54, 1.807) is 0 Å². The minimum Gasteiger partial charge on any atom is -0.340 e. The van der Waals surface area contributed by atoms with E-state index in [2.05, 4.69) is 50.7 Å². The highest BCUT2D eigenvalue weighted by molar-refractivity contribution is 5.19. The van der Waals surface area contributed by atoms with Gasteiger partial charge >= 0.3 is 0 Å². The number of nitrogens with one attached hydrogen (secondary N) is 1. The molecule has 1 fully saturated rings. The molecule has 0 radical (unpaired) electrons. The largest absolute Gasteiger partial charge is 0.340 e. The van der Waals surface area contributed by atoms with Crippen molar-refractivity contribution in [3.05, 3.63) is 47.6 Å². The quantitative estimate of drug-likeness (QED) is 0.915. The van der Waals surface area contributed by atoms with Gasteiger partial charge in [0.1, 0.15) is 0 Å². The molecule has 3 rings (SSSR count). The van der Waals surface area contributed by atoms with Crippen molar-refractivity contribution in [2.45, 2.75) is 19.4 Å². The number of benzene rings is 1. The van der Waals surface area contributed by atoms with Gasteiger partial charge in [-0.05, 0) is 5.56 Å². The third-order valence-corrected chi connectivity index (χ3v) is 3.68. The van der Waals surface area contributed by atoms with E-state index in [1.807, 2.05) is 6.92 Å². The van der Waals surface area contributed by atoms with Crippen molar-refractivity contribution in [2.24, 2.45) is 0 Å². The molecule has 1 N–H and O–H groups in total. The lowest BCUT2D eigenvalue weighted by Crippen LogP contribution is -2.46. The van der Waals surface area contributed by atoms with E-state index >= 15 is 0 Å². The molecular formula is C15H20N4O. The van der Waals surface area contributed by atoms with E-state index in [0.29, 0.717) is 11.9 Å². The van der Waals surface area contributed by atoms with Crippen LogP contribution in [0.3, 0.4) is 0 Å². The van der Waals surface area contributed by atoms with Gasteiger partial charge in [0, 0.05) is 45.6 Å². The molecule has 1 aromatic carbocycles. The van der Waals surface area contributed by atoms with E-state index in [4.69, 9.17) is 4.52 Å². The summed E-state index contributed by atoms with van der Waals surface area (Å²) in [6, 6.07) is 11.0. The average molecular weight is 272 g/mol. The summed E-state index contributed by atoms with van der Waals surface area (Å²) in [6.45, 7) is 5.92. The summed E-state index contributed by atoms with van der Waals surface area (Å²) >= 11 is 0. The monoisotopic (exact) mass is 272 g/mol. The number of aromatic nitrogens is 2. The van der Waals surface area contributed by atoms with Crippen LogP contribution in [-0.2, 0) is 6.42 Å². The third kappa shape index (κ3) is 3.23. The molecule has 2 aromatic rings. The predicted molar refractivity (Wildman–Crippen MR) is 76.4 cm³/mol. The van der Waals surface area contributed by atoms with Crippen LogP contribution in [0.4, 0.5) is 0 Å². The maximum absolute atomic E-state index is 5.00. The molecule has 0 saturated carbocycles. The van der Waals surface area contributed by atoms with Gasteiger partial charge in [0.25, 0.3) is 0 Å². The topological polar surface area (TPSA) is 54.2 Å². The van der Waals surface area contributed by atoms with Crippen LogP contribution in [-0.4, -0.2) is 41.2 Å². The Morgan fingerprint density at radius 2 is 2.20 bits per heavy atom. The van der Waals surface area contributed by atoms with Crippen LogP contribution in [0.1, 0.15) is 23.3 Å². The van der Waals surface area contributed by atoms with Crippen LogP contribution in [0.5, 0.6) is 0 Å². The summed E-state index contributed by atoms with van der Waals surface area (Å²) in [5, 5.41) is 7.53. The minimum absolute atomic E-state index is 0.414. The maximum atomic E-state index is 5.00. The Bertz CT molecular complexity index is 540. The summed E-state index contributed by atoms with van der Waals surface area (Å²) < 4.78 is 5.00. The summed E-state index contributed by atoms with van der Waals surface area (Å²) in [7, 11) is 0. The lowest BCUT2D eigenvalue weighted by atomic mass is 10.0. The van der Waals surface area contributed by atoms with Crippen molar-refractivity contribution < 1.29 is 4.52 Å². The number of hydrogen-bond acceptors (Lipinski definition) is 5. The van der Waals surface area contributed by atoms with Crippen LogP contribution in [0.15, 0.2) is 34.9 Å². The van der Waals surface area contributed by atoms with Gasteiger partial charge < -0.3 is 9.84 Å². The fourth-order valence-electron chi connectivity index (χ4n) is 2.62. The number of hydrogen-bond donors (Lipinski definition) is 1. The summed E-state index contributed by atoms with van der Waals surface area (Å²) in [4.78, 5) is 6.71. The van der Waals surface area contributed by atoms with Crippen molar-refractivity contribution >= 4 is 0 Å². The number of piperazine rings is 1. The highest BCUT2D eigenvalue weighted by Crippen LogP contribution is 2.16. The molecule has 0 bridgehead atoms. The average Bonchev–Trinajstić information content (AvgIpc) is 2.92. The lowest BCUT2D eigenvalue weighted by Gasteiger charge is -2.33. The molecule has 1 aliphatic heterocycles. The normalized spacial score (nSPS) is 20.1. The summed E-state index contributed by atoms with van der Waals surface area (Å²) in [5.74, 6) is 1.44. The standard InChI is InChI=1S/C15H20N4O/c1-12-17-15(18-20-12)7-9-19-10-8-16-14(11-19)13-5-3-2-4-6-13/h2-6,14,16H,7-11H2,1H3. The molecule has 106 valence electrons. The molecule has 1 unspecified atom stereocenters. The molecule has 1 atom stereocenters. The van der Waals surface area contributed by atoms with E-state index in [-0.39, 0.29) is 0 Å². The number of nitrogens with zero attached hydrogens (tertiary/aromatic N) is 3. The van der Waals surface area contributed by atoms with Crippen molar-refractivity contribution in [3.8, 4) is 0 Å². The van der Waals surface area contributed by atoms with Gasteiger partial charge in [-0.1, -0.05) is 35.5 Å². The molecule has 1 saturated heterocycles. The second-order valence-corrected chi connectivity index (χ2v) is 5.20. The van der Waals surface area contributed by atoms with Crippen LogP contribution in [0.25, 0.3) is 0 Å². The van der Waals surface area contributed by atoms with Crippen molar-refractivity contribution in [1.29, 1.82) is 0 Å². The number of aryl methyl sites for hydroxylation is 1. The van der Waals surface area contributed by atoms with E-state index in [1.165, 1.54) is 5.56 Å². The summed E-state index contributed by atoms with van der Waals surface area (Å²) in [5.41, 5.74) is 1.35. The fraction of sp³-hybridized carbons (Fsp3) is 0.467. The molecule has 0 aliphatic carbocycles. The second-order valence-electron chi connectivity index (χ2n) is 5.20. The molecule has 0 spiro atoms. The van der Waals surface area contributed by atoms with Crippen molar-refractivity contribution in [1.82, 2.24) is 20.4 Å². The molecule has 5 nitrogen and oxygen atoms in total. The zero-order valence-electron chi connectivity index (χ0n) is 11.7. The minimum atomic E-state index is 0.414. The van der Waals surface area contributed by atoms with Crippen molar-refractivity contribution in [3.63, 3.8) is 0 Å². The first-order valence-corrected chi connectivity index (χ1v) is 7.11. The molecule has 1 aliphatic rings. The molecule has 2 heterocycles. The van der Waals surface area contributed by atoms with E-state index in [9.17, 15) is 0 Å². The van der Waals surface area contributed by atoms with Crippen molar-refractivity contribution in [2.75, 3.05) is 26.2 Å². The fourth-order valence-corrected chi connectivity index (χ4v) is 2.62. The van der Waals surface area contributed by atoms with Gasteiger partial charge in [0.05, 0.1) is 0 Å². The maximum Gasteiger partial charge on any atom is 0.223 e. The first-order chi connectivity index (χ1) is 9.81. The highest BCUT2D eigenvalue weighted by atomic mass is 16.5. The van der Waals surface area contributed by atoms with Gasteiger partial charge in [0.2, 0.25) is 5.89 Å². The summed E-state index contributed by atoms with van der Waals surface area (Å²) in [6.07, 6.45) is 0.846. The molecular weight excluding hydrogens is 252 g/mol. The Balaban J connectivity index is 1.55. The first kappa shape index (κ1) is 13.3. The van der Waals surface area contributed by atoms with Gasteiger partial charge in [0.15, 0.2) is 5.82 Å². The Morgan fingerprint density at radius 1 is 1.35 bits per heavy atom. The van der Waals surface area contributed by atoms with Gasteiger partial charge in [-0.2, -0.15) is 4.98 Å². The van der Waals surface area contributed by atoms with Crippen LogP contribution in [0.2, 0.25) is 0 Å². The van der Waals surface area contributed by atoms with Gasteiger partial charge in [-0.3, -0.25) is 4.90 Å². The Kier molecular flexibility index (Phi) is 4.08. The second kappa shape index (κ2) is 6.15. The molecule has 5 heteroatoms. The highest BCUT2D eigenvalue weighted by Gasteiger charge is 2.20. The Hall–Kier alpha value is -1.72. The Morgan fingerprint density at radius 3 is 2.95 bits per heavy atom. The zero-order chi connectivity index (χ0) is 13.8. The van der Waals surface area contributed by atoms with E-state index in [0.717, 1.165) is 38.4 Å². The zero-order valence-corrected chi connectivity index (χ0v) is 11.7. The third-order valence-electron chi connectivity index (χ3n) is 3.68.